The molecule has 2 bridgehead atoms. The molecule has 2 saturated carbocycles. The normalized spacial score (nSPS) is 30.2. The van der Waals surface area contributed by atoms with Crippen molar-refractivity contribution in [2.24, 2.45) is 23.7 Å². The van der Waals surface area contributed by atoms with Crippen LogP contribution in [0.4, 0.5) is 0 Å². The summed E-state index contributed by atoms with van der Waals surface area (Å²) < 4.78 is 0. The van der Waals surface area contributed by atoms with E-state index in [2.05, 4.69) is 31.3 Å². The maximum absolute atomic E-state index is 12.7. The lowest BCUT2D eigenvalue weighted by Crippen LogP contribution is -2.42. The first kappa shape index (κ1) is 16.0. The fourth-order valence-electron chi connectivity index (χ4n) is 4.45. The van der Waals surface area contributed by atoms with E-state index in [0.29, 0.717) is 0 Å². The second kappa shape index (κ2) is 5.99. The van der Waals surface area contributed by atoms with Gasteiger partial charge in [0.1, 0.15) is 0 Å². The van der Waals surface area contributed by atoms with Crippen LogP contribution >= 0.6 is 0 Å². The second-order valence-corrected chi connectivity index (χ2v) is 7.30. The van der Waals surface area contributed by atoms with Gasteiger partial charge in [-0.1, -0.05) is 18.2 Å². The number of benzene rings is 1. The lowest BCUT2D eigenvalue weighted by molar-refractivity contribution is -0.149. The van der Waals surface area contributed by atoms with Crippen molar-refractivity contribution < 1.29 is 14.7 Å². The van der Waals surface area contributed by atoms with Crippen molar-refractivity contribution in [2.75, 3.05) is 0 Å². The fraction of sp³-hybridized carbons (Fsp3) is 0.579. The molecule has 0 radical (unpaired) electrons. The lowest BCUT2D eigenvalue weighted by Gasteiger charge is -2.28. The molecule has 0 unspecified atom stereocenters. The molecule has 0 heterocycles. The van der Waals surface area contributed by atoms with Gasteiger partial charge >= 0.3 is 5.97 Å². The van der Waals surface area contributed by atoms with Crippen LogP contribution in [0.1, 0.15) is 48.9 Å². The number of carbonyl (C=O) groups excluding carboxylic acids is 1. The third kappa shape index (κ3) is 2.87. The van der Waals surface area contributed by atoms with Gasteiger partial charge in [-0.25, -0.2) is 0 Å². The van der Waals surface area contributed by atoms with E-state index in [1.165, 1.54) is 11.1 Å². The average Bonchev–Trinajstić information content (AvgIpc) is 3.10. The number of nitrogens with one attached hydrogen (secondary N) is 1. The Hall–Kier alpha value is -1.84. The van der Waals surface area contributed by atoms with Crippen LogP contribution in [0.15, 0.2) is 18.2 Å². The van der Waals surface area contributed by atoms with Gasteiger partial charge in [0, 0.05) is 0 Å². The Morgan fingerprint density at radius 3 is 2.39 bits per heavy atom. The van der Waals surface area contributed by atoms with Gasteiger partial charge in [-0.2, -0.15) is 0 Å². The molecule has 2 N–H and O–H groups in total. The standard InChI is InChI=1S/C19H25NO3/c1-10-4-5-13(8-11(10)2)12(3)20-18(21)16-14-6-7-15(9-14)17(16)19(22)23/h4-5,8,12,14-17H,6-7,9H2,1-3H3,(H,20,21)(H,22,23)/t12-,14-,15-,16+,17-/m0/s1. The van der Waals surface area contributed by atoms with E-state index in [4.69, 9.17) is 0 Å². The van der Waals surface area contributed by atoms with Gasteiger partial charge in [-0.15, -0.1) is 0 Å². The van der Waals surface area contributed by atoms with E-state index in [-0.39, 0.29) is 29.7 Å². The van der Waals surface area contributed by atoms with Crippen molar-refractivity contribution >= 4 is 11.9 Å². The van der Waals surface area contributed by atoms with E-state index in [9.17, 15) is 14.7 Å². The Balaban J connectivity index is 1.73. The van der Waals surface area contributed by atoms with Crippen molar-refractivity contribution in [2.45, 2.75) is 46.1 Å². The van der Waals surface area contributed by atoms with Crippen molar-refractivity contribution in [3.63, 3.8) is 0 Å². The van der Waals surface area contributed by atoms with Crippen LogP contribution in [-0.2, 0) is 9.59 Å². The minimum atomic E-state index is -0.809. The summed E-state index contributed by atoms with van der Waals surface area (Å²) in [7, 11) is 0. The van der Waals surface area contributed by atoms with Crippen LogP contribution in [0, 0.1) is 37.5 Å². The highest BCUT2D eigenvalue weighted by molar-refractivity contribution is 5.86. The number of amides is 1. The number of hydrogen-bond donors (Lipinski definition) is 2. The first-order valence-electron chi connectivity index (χ1n) is 8.48. The smallest absolute Gasteiger partial charge is 0.307 e. The second-order valence-electron chi connectivity index (χ2n) is 7.30. The molecule has 1 aromatic rings. The molecule has 0 aliphatic heterocycles. The van der Waals surface area contributed by atoms with E-state index in [1.54, 1.807) is 0 Å². The lowest BCUT2D eigenvalue weighted by atomic mass is 9.78. The van der Waals surface area contributed by atoms with Gasteiger partial charge in [0.2, 0.25) is 5.91 Å². The van der Waals surface area contributed by atoms with Crippen LogP contribution in [0.5, 0.6) is 0 Å². The van der Waals surface area contributed by atoms with E-state index < -0.39 is 11.9 Å². The molecule has 124 valence electrons. The monoisotopic (exact) mass is 315 g/mol. The van der Waals surface area contributed by atoms with Gasteiger partial charge in [-0.05, 0) is 68.6 Å². The van der Waals surface area contributed by atoms with Crippen LogP contribution in [0.2, 0.25) is 0 Å². The Labute approximate surface area is 137 Å². The van der Waals surface area contributed by atoms with E-state index in [0.717, 1.165) is 24.8 Å². The van der Waals surface area contributed by atoms with Crippen LogP contribution < -0.4 is 5.32 Å². The zero-order valence-electron chi connectivity index (χ0n) is 14.0. The fourth-order valence-corrected chi connectivity index (χ4v) is 4.45. The van der Waals surface area contributed by atoms with Gasteiger partial charge in [0.25, 0.3) is 0 Å². The van der Waals surface area contributed by atoms with Crippen LogP contribution in [0.25, 0.3) is 0 Å². The van der Waals surface area contributed by atoms with Crippen LogP contribution in [0.3, 0.4) is 0 Å². The largest absolute Gasteiger partial charge is 0.481 e. The molecule has 2 aliphatic carbocycles. The molecule has 4 heteroatoms. The molecule has 23 heavy (non-hydrogen) atoms. The highest BCUT2D eigenvalue weighted by Gasteiger charge is 2.54. The third-order valence-electron chi connectivity index (χ3n) is 5.89. The molecule has 5 atom stereocenters. The maximum Gasteiger partial charge on any atom is 0.307 e. The zero-order chi connectivity index (χ0) is 16.7. The number of aliphatic carboxylic acids is 1. The molecule has 2 fully saturated rings. The molecule has 0 saturated heterocycles. The summed E-state index contributed by atoms with van der Waals surface area (Å²) in [6.45, 7) is 6.09. The van der Waals surface area contributed by atoms with Crippen molar-refractivity contribution in [1.82, 2.24) is 5.32 Å². The summed E-state index contributed by atoms with van der Waals surface area (Å²) >= 11 is 0. The molecular formula is C19H25NO3. The number of carboxylic acid groups (broad SMARTS) is 1. The van der Waals surface area contributed by atoms with Crippen molar-refractivity contribution in [3.05, 3.63) is 34.9 Å². The molecule has 0 aromatic heterocycles. The quantitative estimate of drug-likeness (QED) is 0.896. The molecule has 1 aromatic carbocycles. The number of hydrogen-bond acceptors (Lipinski definition) is 2. The molecular weight excluding hydrogens is 290 g/mol. The van der Waals surface area contributed by atoms with Crippen molar-refractivity contribution in [1.29, 1.82) is 0 Å². The van der Waals surface area contributed by atoms with Gasteiger partial charge in [0.05, 0.1) is 17.9 Å². The topological polar surface area (TPSA) is 66.4 Å². The maximum atomic E-state index is 12.7. The number of aryl methyl sites for hydroxylation is 2. The van der Waals surface area contributed by atoms with Gasteiger partial charge in [0.15, 0.2) is 0 Å². The first-order chi connectivity index (χ1) is 10.9. The summed E-state index contributed by atoms with van der Waals surface area (Å²) in [5.74, 6) is -1.33. The summed E-state index contributed by atoms with van der Waals surface area (Å²) in [6.07, 6.45) is 2.84. The summed E-state index contributed by atoms with van der Waals surface area (Å²) in [6, 6.07) is 6.08. The van der Waals surface area contributed by atoms with Crippen molar-refractivity contribution in [3.8, 4) is 0 Å². The minimum Gasteiger partial charge on any atom is -0.481 e. The Morgan fingerprint density at radius 2 is 1.78 bits per heavy atom. The van der Waals surface area contributed by atoms with E-state index >= 15 is 0 Å². The Bertz CT molecular complexity index is 640. The number of rotatable bonds is 4. The first-order valence-corrected chi connectivity index (χ1v) is 8.48. The average molecular weight is 315 g/mol. The molecule has 4 nitrogen and oxygen atoms in total. The summed E-state index contributed by atoms with van der Waals surface area (Å²) in [5.41, 5.74) is 3.50. The zero-order valence-corrected chi connectivity index (χ0v) is 14.0. The number of carboxylic acids is 1. The SMILES string of the molecule is Cc1ccc([C@H](C)NC(=O)[C@@H]2[C@H]3CC[C@@H](C3)[C@@H]2C(=O)O)cc1C. The third-order valence-corrected chi connectivity index (χ3v) is 5.89. The number of carbonyl (C=O) groups is 2. The van der Waals surface area contributed by atoms with Crippen LogP contribution in [-0.4, -0.2) is 17.0 Å². The molecule has 2 aliphatic rings. The molecule has 1 amide bonds. The molecule has 0 spiro atoms. The predicted molar refractivity (Wildman–Crippen MR) is 87.9 cm³/mol. The van der Waals surface area contributed by atoms with Gasteiger partial charge < -0.3 is 10.4 Å². The number of fused-ring (bicyclic) bond motifs is 2. The summed E-state index contributed by atoms with van der Waals surface area (Å²) in [5, 5.41) is 12.5. The molecule has 3 rings (SSSR count). The Kier molecular flexibility index (Phi) is 4.17. The van der Waals surface area contributed by atoms with E-state index in [1.807, 2.05) is 13.0 Å². The predicted octanol–water partition coefficient (Wildman–Crippen LogP) is 3.23. The summed E-state index contributed by atoms with van der Waals surface area (Å²) in [4.78, 5) is 24.3. The van der Waals surface area contributed by atoms with Gasteiger partial charge in [-0.3, -0.25) is 9.59 Å². The highest BCUT2D eigenvalue weighted by atomic mass is 16.4. The minimum absolute atomic E-state index is 0.0877. The highest BCUT2D eigenvalue weighted by Crippen LogP contribution is 2.52. The Morgan fingerprint density at radius 1 is 1.13 bits per heavy atom.